The molecule has 1 atom stereocenters. The van der Waals surface area contributed by atoms with Crippen LogP contribution in [-0.4, -0.2) is 24.4 Å². The van der Waals surface area contributed by atoms with Crippen molar-refractivity contribution in [1.29, 1.82) is 0 Å². The Bertz CT molecular complexity index is 926. The molecule has 1 amide bonds. The van der Waals surface area contributed by atoms with Gasteiger partial charge in [0.05, 0.1) is 10.9 Å². The number of alkyl carbamates (subject to hydrolysis) is 1. The van der Waals surface area contributed by atoms with Gasteiger partial charge in [-0.3, -0.25) is 0 Å². The molecule has 0 saturated heterocycles. The number of hydrogen-bond acceptors (Lipinski definition) is 4. The molecule has 2 aromatic carbocycles. The van der Waals surface area contributed by atoms with Crippen molar-refractivity contribution >= 4 is 29.0 Å². The number of halogens is 1. The molecule has 0 fully saturated rings. The van der Waals surface area contributed by atoms with Gasteiger partial charge in [0.2, 0.25) is 0 Å². The number of thiophene rings is 1. The summed E-state index contributed by atoms with van der Waals surface area (Å²) in [5, 5.41) is 12.7. The van der Waals surface area contributed by atoms with E-state index in [0.29, 0.717) is 9.21 Å². The van der Waals surface area contributed by atoms with Crippen molar-refractivity contribution < 1.29 is 14.6 Å². The first-order valence-electron chi connectivity index (χ1n) is 8.65. The highest BCUT2D eigenvalue weighted by Crippen LogP contribution is 2.44. The molecule has 27 heavy (non-hydrogen) atoms. The first kappa shape index (κ1) is 18.0. The third-order valence-electron chi connectivity index (χ3n) is 4.71. The maximum atomic E-state index is 12.1. The van der Waals surface area contributed by atoms with Crippen molar-refractivity contribution in [2.45, 2.75) is 12.0 Å². The fourth-order valence-corrected chi connectivity index (χ4v) is 4.48. The zero-order chi connectivity index (χ0) is 18.8. The summed E-state index contributed by atoms with van der Waals surface area (Å²) in [6.45, 7) is 0.328. The average molecular weight is 400 g/mol. The number of fused-ring (bicyclic) bond motifs is 3. The highest BCUT2D eigenvalue weighted by Gasteiger charge is 2.29. The van der Waals surface area contributed by atoms with Gasteiger partial charge in [-0.2, -0.15) is 0 Å². The highest BCUT2D eigenvalue weighted by molar-refractivity contribution is 7.16. The second kappa shape index (κ2) is 7.72. The Morgan fingerprint density at radius 1 is 1.07 bits per heavy atom. The van der Waals surface area contributed by atoms with E-state index in [1.807, 2.05) is 24.3 Å². The lowest BCUT2D eigenvalue weighted by Gasteiger charge is -2.15. The number of amides is 1. The standard InChI is InChI=1S/C21H18ClNO3S/c22-20-10-9-19(27-20)18(24)11-23-21(25)26-12-17-15-7-3-1-5-13(15)14-6-2-4-8-16(14)17/h1-10,17-18,24H,11-12H2,(H,23,25). The van der Waals surface area contributed by atoms with Crippen LogP contribution in [0.2, 0.25) is 4.34 Å². The fourth-order valence-electron chi connectivity index (χ4n) is 3.44. The van der Waals surface area contributed by atoms with Crippen LogP contribution < -0.4 is 5.32 Å². The smallest absolute Gasteiger partial charge is 0.407 e. The van der Waals surface area contributed by atoms with Gasteiger partial charge in [0.15, 0.2) is 0 Å². The van der Waals surface area contributed by atoms with Crippen molar-refractivity contribution in [2.75, 3.05) is 13.2 Å². The molecule has 0 aliphatic heterocycles. The number of aliphatic hydroxyl groups excluding tert-OH is 1. The van der Waals surface area contributed by atoms with E-state index in [4.69, 9.17) is 16.3 Å². The van der Waals surface area contributed by atoms with Gasteiger partial charge in [-0.25, -0.2) is 4.79 Å². The molecule has 1 aromatic heterocycles. The van der Waals surface area contributed by atoms with Gasteiger partial charge in [0, 0.05) is 10.8 Å². The summed E-state index contributed by atoms with van der Waals surface area (Å²) in [6, 6.07) is 19.8. The number of nitrogens with one attached hydrogen (secondary N) is 1. The summed E-state index contributed by atoms with van der Waals surface area (Å²) in [4.78, 5) is 12.8. The van der Waals surface area contributed by atoms with Gasteiger partial charge in [0.25, 0.3) is 0 Å². The Balaban J connectivity index is 1.38. The van der Waals surface area contributed by atoms with Crippen LogP contribution in [0, 0.1) is 0 Å². The maximum absolute atomic E-state index is 12.1. The Labute approximate surface area is 166 Å². The van der Waals surface area contributed by atoms with E-state index in [1.165, 1.54) is 33.6 Å². The van der Waals surface area contributed by atoms with Crippen LogP contribution in [-0.2, 0) is 4.74 Å². The lowest BCUT2D eigenvalue weighted by atomic mass is 9.98. The number of hydrogen-bond donors (Lipinski definition) is 2. The van der Waals surface area contributed by atoms with Gasteiger partial charge in [0.1, 0.15) is 12.7 Å². The van der Waals surface area contributed by atoms with E-state index in [-0.39, 0.29) is 19.1 Å². The van der Waals surface area contributed by atoms with Gasteiger partial charge in [-0.05, 0) is 34.4 Å². The molecule has 1 aliphatic carbocycles. The van der Waals surface area contributed by atoms with Gasteiger partial charge in [-0.15, -0.1) is 11.3 Å². The molecular weight excluding hydrogens is 382 g/mol. The Hall–Kier alpha value is -2.34. The summed E-state index contributed by atoms with van der Waals surface area (Å²) in [7, 11) is 0. The molecule has 0 saturated carbocycles. The SMILES string of the molecule is O=C(NCC(O)c1ccc(Cl)s1)OCC1c2ccccc2-c2ccccc21. The van der Waals surface area contributed by atoms with Crippen LogP contribution in [0.25, 0.3) is 11.1 Å². The van der Waals surface area contributed by atoms with E-state index in [1.54, 1.807) is 12.1 Å². The van der Waals surface area contributed by atoms with Gasteiger partial charge < -0.3 is 15.2 Å². The predicted molar refractivity (Wildman–Crippen MR) is 107 cm³/mol. The highest BCUT2D eigenvalue weighted by atomic mass is 35.5. The average Bonchev–Trinajstić information content (AvgIpc) is 3.26. The molecule has 138 valence electrons. The fraction of sp³-hybridized carbons (Fsp3) is 0.190. The number of ether oxygens (including phenoxy) is 1. The molecule has 4 rings (SSSR count). The van der Waals surface area contributed by atoms with Crippen LogP contribution in [0.15, 0.2) is 60.7 Å². The molecule has 1 aliphatic rings. The summed E-state index contributed by atoms with van der Waals surface area (Å²) >= 11 is 7.16. The van der Waals surface area contributed by atoms with Crippen LogP contribution in [0.3, 0.4) is 0 Å². The predicted octanol–water partition coefficient (Wildman–Crippen LogP) is 4.97. The van der Waals surface area contributed by atoms with Crippen molar-refractivity contribution in [3.05, 3.63) is 81.0 Å². The van der Waals surface area contributed by atoms with Crippen molar-refractivity contribution in [1.82, 2.24) is 5.32 Å². The summed E-state index contributed by atoms with van der Waals surface area (Å²) in [5.41, 5.74) is 4.71. The first-order valence-corrected chi connectivity index (χ1v) is 9.85. The molecule has 3 aromatic rings. The zero-order valence-electron chi connectivity index (χ0n) is 14.4. The molecule has 1 unspecified atom stereocenters. The summed E-state index contributed by atoms with van der Waals surface area (Å²) in [6.07, 6.45) is -1.35. The number of carbonyl (C=O) groups excluding carboxylic acids is 1. The minimum atomic E-state index is -0.803. The molecule has 0 spiro atoms. The third-order valence-corrected chi connectivity index (χ3v) is 6.04. The molecule has 1 heterocycles. The summed E-state index contributed by atoms with van der Waals surface area (Å²) < 4.78 is 6.05. The largest absolute Gasteiger partial charge is 0.449 e. The quantitative estimate of drug-likeness (QED) is 0.636. The lowest BCUT2D eigenvalue weighted by Crippen LogP contribution is -2.29. The van der Waals surface area contributed by atoms with E-state index in [2.05, 4.69) is 29.6 Å². The topological polar surface area (TPSA) is 58.6 Å². The second-order valence-corrected chi connectivity index (χ2v) is 8.11. The molecule has 6 heteroatoms. The Kier molecular flexibility index (Phi) is 5.16. The van der Waals surface area contributed by atoms with Crippen molar-refractivity contribution in [3.63, 3.8) is 0 Å². The summed E-state index contributed by atoms with van der Waals surface area (Å²) in [5.74, 6) is 0.0178. The third kappa shape index (κ3) is 3.72. The van der Waals surface area contributed by atoms with Crippen LogP contribution in [0.4, 0.5) is 4.79 Å². The number of benzene rings is 2. The normalized spacial score (nSPS) is 13.7. The number of carbonyl (C=O) groups is 1. The molecule has 4 nitrogen and oxygen atoms in total. The van der Waals surface area contributed by atoms with E-state index in [9.17, 15) is 9.90 Å². The van der Waals surface area contributed by atoms with E-state index in [0.717, 1.165) is 0 Å². The lowest BCUT2D eigenvalue weighted by molar-refractivity contribution is 0.129. The Morgan fingerprint density at radius 3 is 2.30 bits per heavy atom. The number of rotatable bonds is 5. The minimum absolute atomic E-state index is 0.0178. The molecule has 2 N–H and O–H groups in total. The van der Waals surface area contributed by atoms with Crippen LogP contribution >= 0.6 is 22.9 Å². The maximum Gasteiger partial charge on any atom is 0.407 e. The van der Waals surface area contributed by atoms with Gasteiger partial charge in [-0.1, -0.05) is 60.1 Å². The molecule has 0 radical (unpaired) electrons. The Morgan fingerprint density at radius 2 is 1.70 bits per heavy atom. The first-order chi connectivity index (χ1) is 13.1. The van der Waals surface area contributed by atoms with E-state index < -0.39 is 12.2 Å². The van der Waals surface area contributed by atoms with Gasteiger partial charge >= 0.3 is 6.09 Å². The van der Waals surface area contributed by atoms with Crippen molar-refractivity contribution in [3.8, 4) is 11.1 Å². The van der Waals surface area contributed by atoms with Crippen LogP contribution in [0.1, 0.15) is 28.0 Å². The monoisotopic (exact) mass is 399 g/mol. The second-order valence-electron chi connectivity index (χ2n) is 6.36. The van der Waals surface area contributed by atoms with E-state index >= 15 is 0 Å². The zero-order valence-corrected chi connectivity index (χ0v) is 16.0. The number of aliphatic hydroxyl groups is 1. The minimum Gasteiger partial charge on any atom is -0.449 e. The van der Waals surface area contributed by atoms with Crippen molar-refractivity contribution in [2.24, 2.45) is 0 Å². The molecular formula is C21H18ClNO3S. The van der Waals surface area contributed by atoms with Crippen LogP contribution in [0.5, 0.6) is 0 Å². The molecule has 0 bridgehead atoms.